The van der Waals surface area contributed by atoms with E-state index in [1.165, 1.54) is 12.1 Å². The fourth-order valence-electron chi connectivity index (χ4n) is 5.65. The van der Waals surface area contributed by atoms with Crippen molar-refractivity contribution in [3.8, 4) is 0 Å². The summed E-state index contributed by atoms with van der Waals surface area (Å²) in [6.45, 7) is 0.366. The number of rotatable bonds is 11. The average molecular weight is 570 g/mol. The molecule has 2 N–H and O–H groups in total. The van der Waals surface area contributed by atoms with Gasteiger partial charge in [-0.1, -0.05) is 18.6 Å². The normalized spacial score (nSPS) is 19.0. The van der Waals surface area contributed by atoms with Crippen molar-refractivity contribution in [3.63, 3.8) is 0 Å². The number of anilines is 1. The molecule has 1 amide bonds. The van der Waals surface area contributed by atoms with Crippen LogP contribution in [0.1, 0.15) is 42.6 Å². The van der Waals surface area contributed by atoms with Crippen LogP contribution >= 0.6 is 0 Å². The number of quaternary nitrogens is 1. The molecule has 0 bridgehead atoms. The van der Waals surface area contributed by atoms with E-state index in [4.69, 9.17) is 0 Å². The van der Waals surface area contributed by atoms with Crippen LogP contribution in [0, 0.1) is 7.05 Å². The number of carbonyl (C=O) groups is 2. The number of halogens is 3. The van der Waals surface area contributed by atoms with E-state index in [0.717, 1.165) is 42.8 Å². The largest absolute Gasteiger partial charge is 0.477 e. The van der Waals surface area contributed by atoms with Crippen molar-refractivity contribution in [2.24, 2.45) is 0 Å². The van der Waals surface area contributed by atoms with Gasteiger partial charge in [-0.25, -0.2) is 4.79 Å². The fraction of sp³-hybridized carbons (Fsp3) is 0.367. The summed E-state index contributed by atoms with van der Waals surface area (Å²) in [6.07, 6.45) is 2.10. The molecule has 1 fully saturated rings. The van der Waals surface area contributed by atoms with Crippen molar-refractivity contribution in [1.29, 1.82) is 0 Å². The SMILES string of the molecule is [CH2-][N+](CC(=O)O)(Cc1ccccn1)[C@H]1CCCCC1N(CC(=O)Nc1ccc(C(F)(F)F)cc1)Cc1ccccn1. The molecular weight excluding hydrogens is 535 g/mol. The fourth-order valence-corrected chi connectivity index (χ4v) is 5.65. The van der Waals surface area contributed by atoms with E-state index in [-0.39, 0.29) is 35.3 Å². The molecule has 1 aromatic carbocycles. The maximum Gasteiger partial charge on any atom is 0.416 e. The molecule has 2 aromatic heterocycles. The highest BCUT2D eigenvalue weighted by molar-refractivity contribution is 5.92. The lowest BCUT2D eigenvalue weighted by Gasteiger charge is -2.54. The number of hydrogen-bond acceptors (Lipinski definition) is 5. The summed E-state index contributed by atoms with van der Waals surface area (Å²) in [6, 6.07) is 14.9. The predicted octanol–water partition coefficient (Wildman–Crippen LogP) is 5.14. The molecule has 3 aromatic rings. The van der Waals surface area contributed by atoms with Gasteiger partial charge in [-0.2, -0.15) is 13.2 Å². The second kappa shape index (κ2) is 13.2. The van der Waals surface area contributed by atoms with E-state index in [1.54, 1.807) is 24.5 Å². The van der Waals surface area contributed by atoms with Crippen LogP contribution in [0.5, 0.6) is 0 Å². The van der Waals surface area contributed by atoms with E-state index >= 15 is 0 Å². The number of aromatic nitrogens is 2. The first-order valence-corrected chi connectivity index (χ1v) is 13.5. The minimum Gasteiger partial charge on any atom is -0.477 e. The van der Waals surface area contributed by atoms with E-state index in [1.807, 2.05) is 29.2 Å². The number of hydrogen-bond donors (Lipinski definition) is 2. The van der Waals surface area contributed by atoms with Crippen molar-refractivity contribution < 1.29 is 32.3 Å². The number of carboxylic acids is 1. The number of benzene rings is 1. The van der Waals surface area contributed by atoms with Crippen LogP contribution in [-0.4, -0.2) is 61.5 Å². The van der Waals surface area contributed by atoms with E-state index in [9.17, 15) is 27.9 Å². The Bertz CT molecular complexity index is 1290. The van der Waals surface area contributed by atoms with Gasteiger partial charge in [-0.15, -0.1) is 7.05 Å². The van der Waals surface area contributed by atoms with Gasteiger partial charge in [0.25, 0.3) is 0 Å². The van der Waals surface area contributed by atoms with Gasteiger partial charge >= 0.3 is 12.1 Å². The van der Waals surface area contributed by atoms with Crippen LogP contribution in [0.3, 0.4) is 0 Å². The second-order valence-electron chi connectivity index (χ2n) is 10.5. The highest BCUT2D eigenvalue weighted by Gasteiger charge is 2.41. The number of alkyl halides is 3. The van der Waals surface area contributed by atoms with Gasteiger partial charge in [-0.05, 0) is 67.8 Å². The quantitative estimate of drug-likeness (QED) is 0.245. The van der Waals surface area contributed by atoms with Crippen LogP contribution in [0.2, 0.25) is 0 Å². The van der Waals surface area contributed by atoms with Crippen molar-refractivity contribution in [2.75, 3.05) is 18.4 Å². The molecule has 0 saturated heterocycles. The number of carboxylic acid groups (broad SMARTS) is 1. The van der Waals surface area contributed by atoms with Gasteiger partial charge in [0.05, 0.1) is 42.1 Å². The Morgan fingerprint density at radius 3 is 2.20 bits per heavy atom. The minimum atomic E-state index is -4.47. The first-order valence-electron chi connectivity index (χ1n) is 13.5. The molecule has 4 rings (SSSR count). The second-order valence-corrected chi connectivity index (χ2v) is 10.5. The Morgan fingerprint density at radius 2 is 1.61 bits per heavy atom. The van der Waals surface area contributed by atoms with Gasteiger partial charge in [0.2, 0.25) is 5.91 Å². The Hall–Kier alpha value is -3.83. The zero-order valence-electron chi connectivity index (χ0n) is 22.6. The molecule has 1 aliphatic carbocycles. The Labute approximate surface area is 237 Å². The lowest BCUT2D eigenvalue weighted by molar-refractivity contribution is -0.920. The van der Waals surface area contributed by atoms with Crippen LogP contribution in [0.4, 0.5) is 18.9 Å². The van der Waals surface area contributed by atoms with Crippen molar-refractivity contribution in [1.82, 2.24) is 14.9 Å². The number of amides is 1. The summed E-state index contributed by atoms with van der Waals surface area (Å²) in [4.78, 5) is 36.1. The molecule has 1 saturated carbocycles. The third-order valence-electron chi connectivity index (χ3n) is 7.45. The van der Waals surface area contributed by atoms with Gasteiger partial charge < -0.3 is 14.9 Å². The summed E-state index contributed by atoms with van der Waals surface area (Å²) < 4.78 is 38.9. The molecular formula is C30H34F3N5O3. The first kappa shape index (κ1) is 30.1. The van der Waals surface area contributed by atoms with Gasteiger partial charge in [0.1, 0.15) is 0 Å². The standard InChI is InChI=1S/C30H34F3N5O3/c1-38(21-29(40)41,20-25-9-5-7-17-35-25)27-11-3-2-10-26(27)37(18-24-8-4-6-16-34-24)19-28(39)36-23-14-12-22(13-15-23)30(31,32)33/h4-9,12-17,26-27H,1-3,10-11,18-21H2,(H,36,39)(H,40,41)/t26?,27-,38?/m0/s1. The third kappa shape index (κ3) is 8.34. The third-order valence-corrected chi connectivity index (χ3v) is 7.45. The zero-order chi connectivity index (χ0) is 29.5. The summed E-state index contributed by atoms with van der Waals surface area (Å²) in [5.74, 6) is -1.37. The molecule has 3 atom stereocenters. The van der Waals surface area contributed by atoms with Crippen LogP contribution in [-0.2, 0) is 28.9 Å². The summed E-state index contributed by atoms with van der Waals surface area (Å²) in [5, 5.41) is 12.6. The maximum atomic E-state index is 13.2. The Kier molecular flexibility index (Phi) is 9.72. The maximum absolute atomic E-state index is 13.2. The molecule has 1 aliphatic rings. The smallest absolute Gasteiger partial charge is 0.416 e. The topological polar surface area (TPSA) is 95.4 Å². The number of nitrogens with one attached hydrogen (secondary N) is 1. The molecule has 11 heteroatoms. The Morgan fingerprint density at radius 1 is 0.976 bits per heavy atom. The Balaban J connectivity index is 1.61. The molecule has 218 valence electrons. The highest BCUT2D eigenvalue weighted by atomic mass is 19.4. The minimum absolute atomic E-state index is 0.0315. The highest BCUT2D eigenvalue weighted by Crippen LogP contribution is 2.34. The zero-order valence-corrected chi connectivity index (χ0v) is 22.6. The van der Waals surface area contributed by atoms with E-state index < -0.39 is 23.6 Å². The molecule has 2 unspecified atom stereocenters. The van der Waals surface area contributed by atoms with Gasteiger partial charge in [-0.3, -0.25) is 19.7 Å². The average Bonchev–Trinajstić information content (AvgIpc) is 2.93. The monoisotopic (exact) mass is 569 g/mol. The molecule has 0 aliphatic heterocycles. The lowest BCUT2D eigenvalue weighted by atomic mass is 9.86. The number of pyridine rings is 2. The number of nitrogens with zero attached hydrogens (tertiary/aromatic N) is 4. The van der Waals surface area contributed by atoms with E-state index in [0.29, 0.717) is 19.5 Å². The van der Waals surface area contributed by atoms with E-state index in [2.05, 4.69) is 22.3 Å². The van der Waals surface area contributed by atoms with Crippen molar-refractivity contribution in [3.05, 3.63) is 97.1 Å². The molecule has 41 heavy (non-hydrogen) atoms. The van der Waals surface area contributed by atoms with Crippen LogP contribution in [0.15, 0.2) is 73.1 Å². The van der Waals surface area contributed by atoms with Gasteiger partial charge in [0, 0.05) is 24.6 Å². The summed E-state index contributed by atoms with van der Waals surface area (Å²) >= 11 is 0. The van der Waals surface area contributed by atoms with Crippen molar-refractivity contribution >= 4 is 17.6 Å². The summed E-state index contributed by atoms with van der Waals surface area (Å²) in [5.41, 5.74) is 0.922. The molecule has 0 radical (unpaired) electrons. The van der Waals surface area contributed by atoms with Crippen molar-refractivity contribution in [2.45, 2.75) is 57.0 Å². The van der Waals surface area contributed by atoms with Crippen LogP contribution in [0.25, 0.3) is 0 Å². The van der Waals surface area contributed by atoms with Crippen LogP contribution < -0.4 is 5.32 Å². The number of aliphatic carboxylic acids is 1. The molecule has 2 heterocycles. The summed E-state index contributed by atoms with van der Waals surface area (Å²) in [7, 11) is 4.43. The lowest BCUT2D eigenvalue weighted by Crippen LogP contribution is -2.62. The number of carbonyl (C=O) groups excluding carboxylic acids is 1. The molecule has 0 spiro atoms. The van der Waals surface area contributed by atoms with Gasteiger partial charge in [0.15, 0.2) is 6.54 Å². The molecule has 8 nitrogen and oxygen atoms in total. The first-order chi connectivity index (χ1) is 19.5. The predicted molar refractivity (Wildman–Crippen MR) is 147 cm³/mol.